The number of Topliss-reactive ketones (excluding diaryl/α,β-unsaturated/α-hetero) is 1. The Labute approximate surface area is 151 Å². The third-order valence-electron chi connectivity index (χ3n) is 3.75. The van der Waals surface area contributed by atoms with E-state index >= 15 is 0 Å². The molecule has 2 aromatic carbocycles. The van der Waals surface area contributed by atoms with Crippen LogP contribution >= 0.6 is 0 Å². The van der Waals surface area contributed by atoms with Crippen LogP contribution in [0.15, 0.2) is 60.7 Å². The van der Waals surface area contributed by atoms with Gasteiger partial charge in [0.05, 0.1) is 0 Å². The molecule has 6 nitrogen and oxygen atoms in total. The van der Waals surface area contributed by atoms with Crippen LogP contribution in [-0.2, 0) is 0 Å². The highest BCUT2D eigenvalue weighted by Gasteiger charge is 2.07. The average molecular weight is 346 g/mol. The molecule has 0 atom stereocenters. The van der Waals surface area contributed by atoms with Gasteiger partial charge >= 0.3 is 0 Å². The molecular weight excluding hydrogens is 328 g/mol. The number of amides is 1. The monoisotopic (exact) mass is 346 g/mol. The van der Waals surface area contributed by atoms with Crippen LogP contribution in [0, 0.1) is 6.92 Å². The number of hydrogen-bond donors (Lipinski definition) is 2. The molecule has 1 heterocycles. The molecule has 0 unspecified atom stereocenters. The smallest absolute Gasteiger partial charge is 0.256 e. The van der Waals surface area contributed by atoms with Crippen LogP contribution in [0.4, 0.5) is 17.3 Å². The highest BCUT2D eigenvalue weighted by Crippen LogP contribution is 2.16. The summed E-state index contributed by atoms with van der Waals surface area (Å²) in [4.78, 5) is 23.5. The molecule has 2 N–H and O–H groups in total. The normalized spacial score (nSPS) is 10.2. The topological polar surface area (TPSA) is 84.0 Å². The minimum Gasteiger partial charge on any atom is -0.339 e. The minimum absolute atomic E-state index is 0.0186. The molecule has 6 heteroatoms. The van der Waals surface area contributed by atoms with E-state index in [9.17, 15) is 9.59 Å². The van der Waals surface area contributed by atoms with Gasteiger partial charge in [-0.2, -0.15) is 0 Å². The fourth-order valence-corrected chi connectivity index (χ4v) is 2.38. The fraction of sp³-hybridized carbons (Fsp3) is 0.100. The Bertz CT molecular complexity index is 935. The molecule has 0 aliphatic rings. The zero-order valence-corrected chi connectivity index (χ0v) is 14.5. The maximum Gasteiger partial charge on any atom is 0.256 e. The minimum atomic E-state index is -0.233. The molecule has 0 fully saturated rings. The Morgan fingerprint density at radius 1 is 0.846 bits per heavy atom. The second-order valence-corrected chi connectivity index (χ2v) is 5.89. The van der Waals surface area contributed by atoms with Crippen LogP contribution in [0.25, 0.3) is 0 Å². The number of ketones is 1. The summed E-state index contributed by atoms with van der Waals surface area (Å²) in [5.41, 5.74) is 3.02. The SMILES string of the molecule is CC(=O)c1ccc(Nc2ccc(NC(=O)c3cccc(C)c3)nn2)cc1. The van der Waals surface area contributed by atoms with Crippen molar-refractivity contribution in [2.24, 2.45) is 0 Å². The largest absolute Gasteiger partial charge is 0.339 e. The first-order valence-corrected chi connectivity index (χ1v) is 8.11. The Hall–Kier alpha value is -3.54. The second-order valence-electron chi connectivity index (χ2n) is 5.89. The number of anilines is 3. The molecule has 0 spiro atoms. The lowest BCUT2D eigenvalue weighted by atomic mass is 10.1. The summed E-state index contributed by atoms with van der Waals surface area (Å²) in [5, 5.41) is 13.9. The first kappa shape index (κ1) is 17.3. The number of hydrogen-bond acceptors (Lipinski definition) is 5. The predicted octanol–water partition coefficient (Wildman–Crippen LogP) is 3.98. The van der Waals surface area contributed by atoms with Crippen molar-refractivity contribution in [1.29, 1.82) is 0 Å². The maximum absolute atomic E-state index is 12.2. The standard InChI is InChI=1S/C20H18N4O2/c1-13-4-3-5-16(12-13)20(26)22-19-11-10-18(23-24-19)21-17-8-6-15(7-9-17)14(2)25/h3-12H,1-2H3,(H,21,23)(H,22,24,26). The molecular formula is C20H18N4O2. The van der Waals surface area contributed by atoms with Gasteiger partial charge in [-0.1, -0.05) is 17.7 Å². The molecule has 0 radical (unpaired) electrons. The first-order valence-electron chi connectivity index (χ1n) is 8.11. The molecule has 0 aliphatic carbocycles. The molecule has 3 rings (SSSR count). The number of carbonyl (C=O) groups is 2. The van der Waals surface area contributed by atoms with Crippen molar-refractivity contribution < 1.29 is 9.59 Å². The Kier molecular flexibility index (Phi) is 5.03. The van der Waals surface area contributed by atoms with Crippen molar-refractivity contribution in [2.75, 3.05) is 10.6 Å². The third kappa shape index (κ3) is 4.30. The van der Waals surface area contributed by atoms with E-state index in [2.05, 4.69) is 20.8 Å². The summed E-state index contributed by atoms with van der Waals surface area (Å²) >= 11 is 0. The number of carbonyl (C=O) groups excluding carboxylic acids is 2. The quantitative estimate of drug-likeness (QED) is 0.683. The lowest BCUT2D eigenvalue weighted by Crippen LogP contribution is -2.13. The van der Waals surface area contributed by atoms with Crippen molar-refractivity contribution in [3.8, 4) is 0 Å². The molecule has 130 valence electrons. The fourth-order valence-electron chi connectivity index (χ4n) is 2.38. The molecule has 26 heavy (non-hydrogen) atoms. The van der Waals surface area contributed by atoms with Gasteiger partial charge < -0.3 is 10.6 Å². The Morgan fingerprint density at radius 2 is 1.54 bits per heavy atom. The van der Waals surface area contributed by atoms with Gasteiger partial charge in [-0.25, -0.2) is 0 Å². The summed E-state index contributed by atoms with van der Waals surface area (Å²) in [6, 6.07) is 17.8. The number of nitrogens with zero attached hydrogens (tertiary/aromatic N) is 2. The Morgan fingerprint density at radius 3 is 2.15 bits per heavy atom. The van der Waals surface area contributed by atoms with Crippen molar-refractivity contribution in [1.82, 2.24) is 10.2 Å². The number of aromatic nitrogens is 2. The van der Waals surface area contributed by atoms with Gasteiger partial charge in [0.15, 0.2) is 17.4 Å². The van der Waals surface area contributed by atoms with Gasteiger partial charge in [0.25, 0.3) is 5.91 Å². The molecule has 3 aromatic rings. The maximum atomic E-state index is 12.2. The number of aryl methyl sites for hydroxylation is 1. The van der Waals surface area contributed by atoms with E-state index in [0.717, 1.165) is 11.3 Å². The van der Waals surface area contributed by atoms with Crippen molar-refractivity contribution in [3.05, 3.63) is 77.4 Å². The summed E-state index contributed by atoms with van der Waals surface area (Å²) < 4.78 is 0. The van der Waals surface area contributed by atoms with Gasteiger partial charge in [-0.15, -0.1) is 10.2 Å². The molecule has 0 bridgehead atoms. The third-order valence-corrected chi connectivity index (χ3v) is 3.75. The van der Waals surface area contributed by atoms with Crippen LogP contribution in [0.1, 0.15) is 33.2 Å². The van der Waals surface area contributed by atoms with E-state index in [4.69, 9.17) is 0 Å². The van der Waals surface area contributed by atoms with E-state index in [1.165, 1.54) is 6.92 Å². The van der Waals surface area contributed by atoms with Crippen molar-refractivity contribution >= 4 is 29.0 Å². The highest BCUT2D eigenvalue weighted by atomic mass is 16.1. The van der Waals surface area contributed by atoms with Crippen LogP contribution in [0.5, 0.6) is 0 Å². The average Bonchev–Trinajstić information content (AvgIpc) is 2.64. The van der Waals surface area contributed by atoms with E-state index in [1.807, 2.05) is 25.1 Å². The zero-order chi connectivity index (χ0) is 18.5. The van der Waals surface area contributed by atoms with E-state index in [-0.39, 0.29) is 11.7 Å². The summed E-state index contributed by atoms with van der Waals surface area (Å²) in [6.45, 7) is 3.46. The van der Waals surface area contributed by atoms with Gasteiger partial charge in [0, 0.05) is 16.8 Å². The summed E-state index contributed by atoms with van der Waals surface area (Å²) in [6.07, 6.45) is 0. The molecule has 1 aromatic heterocycles. The number of rotatable bonds is 5. The van der Waals surface area contributed by atoms with E-state index < -0.39 is 0 Å². The van der Waals surface area contributed by atoms with Crippen molar-refractivity contribution in [3.63, 3.8) is 0 Å². The van der Waals surface area contributed by atoms with Crippen LogP contribution in [-0.4, -0.2) is 21.9 Å². The van der Waals surface area contributed by atoms with Gasteiger partial charge in [0.2, 0.25) is 0 Å². The lowest BCUT2D eigenvalue weighted by molar-refractivity contribution is 0.101. The first-order chi connectivity index (χ1) is 12.5. The van der Waals surface area contributed by atoms with E-state index in [0.29, 0.717) is 22.8 Å². The summed E-state index contributed by atoms with van der Waals surface area (Å²) in [7, 11) is 0. The van der Waals surface area contributed by atoms with Crippen LogP contribution in [0.3, 0.4) is 0 Å². The number of nitrogens with one attached hydrogen (secondary N) is 2. The molecule has 0 aliphatic heterocycles. The van der Waals surface area contributed by atoms with Crippen LogP contribution in [0.2, 0.25) is 0 Å². The zero-order valence-electron chi connectivity index (χ0n) is 14.5. The molecule has 0 saturated carbocycles. The van der Waals surface area contributed by atoms with E-state index in [1.54, 1.807) is 42.5 Å². The molecule has 0 saturated heterocycles. The Balaban J connectivity index is 1.64. The summed E-state index contributed by atoms with van der Waals surface area (Å²) in [5.74, 6) is 0.691. The highest BCUT2D eigenvalue weighted by molar-refractivity contribution is 6.03. The lowest BCUT2D eigenvalue weighted by Gasteiger charge is -2.07. The van der Waals surface area contributed by atoms with Gasteiger partial charge in [-0.05, 0) is 62.4 Å². The predicted molar refractivity (Wildman–Crippen MR) is 101 cm³/mol. The molecule has 1 amide bonds. The van der Waals surface area contributed by atoms with Gasteiger partial charge in [-0.3, -0.25) is 9.59 Å². The van der Waals surface area contributed by atoms with Crippen LogP contribution < -0.4 is 10.6 Å². The van der Waals surface area contributed by atoms with Crippen molar-refractivity contribution in [2.45, 2.75) is 13.8 Å². The van der Waals surface area contributed by atoms with Gasteiger partial charge in [0.1, 0.15) is 0 Å². The second kappa shape index (κ2) is 7.57. The number of benzene rings is 2.